The molecule has 2 aromatic rings. The van der Waals surface area contributed by atoms with E-state index < -0.39 is 0 Å². The summed E-state index contributed by atoms with van der Waals surface area (Å²) in [5.41, 5.74) is 3.84. The molecule has 0 radical (unpaired) electrons. The summed E-state index contributed by atoms with van der Waals surface area (Å²) in [5.74, 6) is 1.73. The minimum Gasteiger partial charge on any atom is -0.496 e. The summed E-state index contributed by atoms with van der Waals surface area (Å²) in [7, 11) is 1.80. The lowest BCUT2D eigenvalue weighted by Gasteiger charge is -2.41. The highest BCUT2D eigenvalue weighted by Crippen LogP contribution is 2.37. The van der Waals surface area contributed by atoms with Gasteiger partial charge in [0.05, 0.1) is 7.11 Å². The number of piperidine rings is 1. The number of aromatic nitrogens is 1. The number of fused-ring (bicyclic) bond motifs is 1. The molecule has 4 rings (SSSR count). The number of ether oxygens (including phenoxy) is 1. The molecule has 3 atom stereocenters. The molecule has 0 spiro atoms. The zero-order valence-corrected chi connectivity index (χ0v) is 17.6. The van der Waals surface area contributed by atoms with Crippen molar-refractivity contribution in [3.8, 4) is 5.75 Å². The largest absolute Gasteiger partial charge is 0.496 e. The van der Waals surface area contributed by atoms with Crippen LogP contribution in [0.1, 0.15) is 43.2 Å². The molecule has 1 aliphatic heterocycles. The second-order valence-corrected chi connectivity index (χ2v) is 9.15. The van der Waals surface area contributed by atoms with Crippen LogP contribution in [0.5, 0.6) is 5.75 Å². The van der Waals surface area contributed by atoms with E-state index in [1.807, 2.05) is 11.8 Å². The Bertz CT molecular complexity index is 812. The quantitative estimate of drug-likeness (QED) is 0.686. The fourth-order valence-electron chi connectivity index (χ4n) is 5.01. The number of nitrogens with zero attached hydrogens (tertiary/aromatic N) is 1. The highest BCUT2D eigenvalue weighted by atomic mass is 32.2. The van der Waals surface area contributed by atoms with Crippen molar-refractivity contribution in [3.63, 3.8) is 0 Å². The molecule has 4 heteroatoms. The Labute approximate surface area is 167 Å². The van der Waals surface area contributed by atoms with E-state index in [-0.39, 0.29) is 0 Å². The van der Waals surface area contributed by atoms with Crippen molar-refractivity contribution in [2.24, 2.45) is 5.92 Å². The summed E-state index contributed by atoms with van der Waals surface area (Å²) in [6, 6.07) is 5.07. The maximum Gasteiger partial charge on any atom is 0.124 e. The van der Waals surface area contributed by atoms with Crippen molar-refractivity contribution in [2.75, 3.05) is 19.9 Å². The first kappa shape index (κ1) is 18.9. The van der Waals surface area contributed by atoms with Crippen LogP contribution in [0.4, 0.5) is 0 Å². The lowest BCUT2D eigenvalue weighted by atomic mass is 9.83. The number of benzene rings is 1. The van der Waals surface area contributed by atoms with Crippen molar-refractivity contribution in [3.05, 3.63) is 41.6 Å². The van der Waals surface area contributed by atoms with Crippen LogP contribution >= 0.6 is 11.8 Å². The van der Waals surface area contributed by atoms with Crippen molar-refractivity contribution in [2.45, 2.75) is 56.9 Å². The van der Waals surface area contributed by atoms with Crippen LogP contribution in [-0.4, -0.2) is 41.1 Å². The molecular formula is C23H32N2OS. The van der Waals surface area contributed by atoms with E-state index in [2.05, 4.69) is 53.5 Å². The molecule has 1 aliphatic carbocycles. The number of aromatic amines is 1. The van der Waals surface area contributed by atoms with Gasteiger partial charge in [-0.2, -0.15) is 11.8 Å². The number of likely N-dealkylation sites (tertiary alicyclic amines) is 1. The van der Waals surface area contributed by atoms with Crippen molar-refractivity contribution in [1.82, 2.24) is 9.88 Å². The first-order valence-corrected chi connectivity index (χ1v) is 11.6. The van der Waals surface area contributed by atoms with Crippen LogP contribution in [-0.2, 0) is 6.54 Å². The number of hydrogen-bond donors (Lipinski definition) is 1. The predicted octanol–water partition coefficient (Wildman–Crippen LogP) is 5.54. The number of methoxy groups -OCH3 is 1. The van der Waals surface area contributed by atoms with E-state index in [1.54, 1.807) is 7.11 Å². The van der Waals surface area contributed by atoms with Crippen LogP contribution in [0.15, 0.2) is 30.5 Å². The third-order valence-electron chi connectivity index (χ3n) is 6.51. The molecule has 2 heterocycles. The maximum atomic E-state index is 5.80. The monoisotopic (exact) mass is 384 g/mol. The minimum absolute atomic E-state index is 0.665. The van der Waals surface area contributed by atoms with Gasteiger partial charge in [0.1, 0.15) is 5.75 Å². The fourth-order valence-corrected chi connectivity index (χ4v) is 5.63. The summed E-state index contributed by atoms with van der Waals surface area (Å²) in [4.78, 5) is 6.15. The van der Waals surface area contributed by atoms with E-state index >= 15 is 0 Å². The van der Waals surface area contributed by atoms with Gasteiger partial charge >= 0.3 is 0 Å². The van der Waals surface area contributed by atoms with Gasteiger partial charge in [-0.25, -0.2) is 0 Å². The Morgan fingerprint density at radius 2 is 2.11 bits per heavy atom. The minimum atomic E-state index is 0.665. The zero-order valence-electron chi connectivity index (χ0n) is 16.8. The summed E-state index contributed by atoms with van der Waals surface area (Å²) in [6.45, 7) is 4.34. The second-order valence-electron chi connectivity index (χ2n) is 8.07. The molecule has 146 valence electrons. The fraction of sp³-hybridized carbons (Fsp3) is 0.565. The molecule has 2 aliphatic rings. The predicted molar refractivity (Wildman–Crippen MR) is 117 cm³/mol. The Morgan fingerprint density at radius 3 is 2.85 bits per heavy atom. The molecule has 0 amide bonds. The maximum absolute atomic E-state index is 5.80. The van der Waals surface area contributed by atoms with Gasteiger partial charge in [0.25, 0.3) is 0 Å². The van der Waals surface area contributed by atoms with Crippen molar-refractivity contribution in [1.29, 1.82) is 0 Å². The number of aryl methyl sites for hydroxylation is 1. The normalized spacial score (nSPS) is 26.6. The Balaban J connectivity index is 1.62. The summed E-state index contributed by atoms with van der Waals surface area (Å²) < 4.78 is 5.80. The third-order valence-corrected chi connectivity index (χ3v) is 7.51. The average Bonchev–Trinajstić information content (AvgIpc) is 3.21. The van der Waals surface area contributed by atoms with Crippen LogP contribution in [0.2, 0.25) is 0 Å². The summed E-state index contributed by atoms with van der Waals surface area (Å²) >= 11 is 1.99. The smallest absolute Gasteiger partial charge is 0.124 e. The number of thioether (sulfide) groups is 1. The average molecular weight is 385 g/mol. The number of nitrogens with one attached hydrogen (secondary N) is 1. The molecule has 0 bridgehead atoms. The lowest BCUT2D eigenvalue weighted by Crippen LogP contribution is -2.44. The standard InChI is InChI=1S/C23H32N2OS/c1-16-14-22(26-2)20(19-11-12-24-23(16)19)15-25-13-5-4-6-21(25)17-7-9-18(27-3)10-8-17/h7,9,11-12,14,17-18,21,24H,4-6,8,10,13,15H2,1-3H3/t17-,18?,21?/m1/s1. The van der Waals surface area contributed by atoms with Crippen molar-refractivity contribution < 1.29 is 4.74 Å². The van der Waals surface area contributed by atoms with E-state index in [4.69, 9.17) is 4.74 Å². The third kappa shape index (κ3) is 3.79. The van der Waals surface area contributed by atoms with E-state index in [0.29, 0.717) is 12.0 Å². The Morgan fingerprint density at radius 1 is 1.22 bits per heavy atom. The van der Waals surface area contributed by atoms with Gasteiger partial charge in [-0.1, -0.05) is 18.6 Å². The van der Waals surface area contributed by atoms with Gasteiger partial charge in [-0.05, 0) is 69.0 Å². The number of rotatable bonds is 5. The van der Waals surface area contributed by atoms with Crippen LogP contribution in [0, 0.1) is 12.8 Å². The van der Waals surface area contributed by atoms with E-state index in [9.17, 15) is 0 Å². The summed E-state index contributed by atoms with van der Waals surface area (Å²) in [5, 5.41) is 2.03. The van der Waals surface area contributed by atoms with Gasteiger partial charge in [0.15, 0.2) is 0 Å². The highest BCUT2D eigenvalue weighted by molar-refractivity contribution is 7.99. The van der Waals surface area contributed by atoms with Gasteiger partial charge in [0, 0.05) is 40.5 Å². The van der Waals surface area contributed by atoms with Crippen molar-refractivity contribution >= 4 is 22.7 Å². The second kappa shape index (κ2) is 8.32. The molecular weight excluding hydrogens is 352 g/mol. The zero-order chi connectivity index (χ0) is 18.8. The van der Waals surface area contributed by atoms with Gasteiger partial charge in [-0.3, -0.25) is 4.90 Å². The van der Waals surface area contributed by atoms with E-state index in [1.165, 1.54) is 60.7 Å². The Kier molecular flexibility index (Phi) is 5.84. The molecule has 1 saturated heterocycles. The molecule has 2 unspecified atom stereocenters. The first-order chi connectivity index (χ1) is 13.2. The van der Waals surface area contributed by atoms with Gasteiger partial charge in [-0.15, -0.1) is 0 Å². The topological polar surface area (TPSA) is 28.3 Å². The number of hydrogen-bond acceptors (Lipinski definition) is 3. The molecule has 27 heavy (non-hydrogen) atoms. The van der Waals surface area contributed by atoms with Gasteiger partial charge in [0.2, 0.25) is 0 Å². The van der Waals surface area contributed by atoms with Crippen LogP contribution in [0.25, 0.3) is 10.9 Å². The first-order valence-electron chi connectivity index (χ1n) is 10.3. The highest BCUT2D eigenvalue weighted by Gasteiger charge is 2.31. The van der Waals surface area contributed by atoms with Crippen LogP contribution in [0.3, 0.4) is 0 Å². The molecule has 0 saturated carbocycles. The number of H-pyrrole nitrogens is 1. The SMILES string of the molecule is COc1cc(C)c2[nH]ccc2c1CN1CCCCC1[C@@H]1C=CC(SC)CC1. The molecule has 1 fully saturated rings. The molecule has 3 nitrogen and oxygen atoms in total. The lowest BCUT2D eigenvalue weighted by molar-refractivity contribution is 0.102. The molecule has 1 aromatic heterocycles. The van der Waals surface area contributed by atoms with E-state index in [0.717, 1.165) is 17.5 Å². The van der Waals surface area contributed by atoms with Crippen LogP contribution < -0.4 is 4.74 Å². The Hall–Kier alpha value is -1.39. The molecule has 1 aromatic carbocycles. The summed E-state index contributed by atoms with van der Waals surface area (Å²) in [6.07, 6.45) is 15.9. The van der Waals surface area contributed by atoms with Gasteiger partial charge < -0.3 is 9.72 Å². The molecule has 1 N–H and O–H groups in total.